The molecular formula is C33H41N5O4. The molecule has 5 fully saturated rings. The zero-order chi connectivity index (χ0) is 28.5. The third kappa shape index (κ3) is 5.64. The van der Waals surface area contributed by atoms with Crippen LogP contribution in [-0.2, 0) is 9.53 Å². The van der Waals surface area contributed by atoms with Crippen LogP contribution in [0.5, 0.6) is 11.5 Å². The van der Waals surface area contributed by atoms with Crippen LogP contribution in [0.4, 0.5) is 17.2 Å². The molecule has 2 aromatic carbocycles. The molecule has 2 heterocycles. The molecule has 4 bridgehead atoms. The molecule has 9 nitrogen and oxygen atoms in total. The van der Waals surface area contributed by atoms with E-state index in [0.717, 1.165) is 98.6 Å². The Labute approximate surface area is 247 Å². The summed E-state index contributed by atoms with van der Waals surface area (Å²) in [6, 6.07) is 11.7. The molecule has 8 rings (SSSR count). The van der Waals surface area contributed by atoms with Crippen molar-refractivity contribution in [3.05, 3.63) is 42.7 Å². The lowest BCUT2D eigenvalue weighted by molar-refractivity contribution is -0.140. The maximum absolute atomic E-state index is 13.6. The molecule has 1 saturated heterocycles. The van der Waals surface area contributed by atoms with Crippen LogP contribution in [0.15, 0.2) is 42.7 Å². The Balaban J connectivity index is 1.05. The topological polar surface area (TPSA) is 97.8 Å². The molecule has 42 heavy (non-hydrogen) atoms. The second-order valence-corrected chi connectivity index (χ2v) is 12.8. The lowest BCUT2D eigenvalue weighted by Crippen LogP contribution is -2.51. The van der Waals surface area contributed by atoms with Crippen LogP contribution in [0.2, 0.25) is 0 Å². The van der Waals surface area contributed by atoms with E-state index in [2.05, 4.69) is 25.5 Å². The minimum Gasteiger partial charge on any atom is -0.493 e. The molecule has 4 aliphatic carbocycles. The van der Waals surface area contributed by atoms with Gasteiger partial charge in [0.15, 0.2) is 11.5 Å². The Morgan fingerprint density at radius 2 is 1.74 bits per heavy atom. The van der Waals surface area contributed by atoms with E-state index < -0.39 is 0 Å². The number of morpholine rings is 1. The summed E-state index contributed by atoms with van der Waals surface area (Å²) in [6.45, 7) is 5.10. The first-order valence-electron chi connectivity index (χ1n) is 15.5. The number of aromatic nitrogens is 2. The summed E-state index contributed by atoms with van der Waals surface area (Å²) in [5.74, 6) is 4.39. The normalized spacial score (nSPS) is 26.7. The Morgan fingerprint density at radius 1 is 1.00 bits per heavy atom. The van der Waals surface area contributed by atoms with Gasteiger partial charge in [-0.05, 0) is 87.0 Å². The molecule has 4 saturated carbocycles. The highest BCUT2D eigenvalue weighted by atomic mass is 16.5. The number of fused-ring (bicyclic) bond motifs is 1. The first-order chi connectivity index (χ1) is 20.6. The summed E-state index contributed by atoms with van der Waals surface area (Å²) in [5, 5.41) is 7.57. The lowest BCUT2D eigenvalue weighted by Gasteiger charge is -2.55. The molecule has 1 aromatic heterocycles. The number of methoxy groups -OCH3 is 1. The number of hydrogen-bond acceptors (Lipinski definition) is 8. The third-order valence-corrected chi connectivity index (χ3v) is 9.80. The predicted octanol–water partition coefficient (Wildman–Crippen LogP) is 5.64. The van der Waals surface area contributed by atoms with Gasteiger partial charge >= 0.3 is 0 Å². The molecule has 1 aliphatic heterocycles. The minimum absolute atomic E-state index is 0.182. The molecule has 2 N–H and O–H groups in total. The second kappa shape index (κ2) is 11.7. The zero-order valence-electron chi connectivity index (χ0n) is 24.4. The maximum Gasteiger partial charge on any atom is 0.230 e. The molecule has 0 radical (unpaired) electrons. The number of carbonyl (C=O) groups is 1. The number of amides is 1. The van der Waals surface area contributed by atoms with Gasteiger partial charge in [0.25, 0.3) is 0 Å². The second-order valence-electron chi connectivity index (χ2n) is 12.8. The van der Waals surface area contributed by atoms with E-state index in [4.69, 9.17) is 14.2 Å². The van der Waals surface area contributed by atoms with Gasteiger partial charge in [0.05, 0.1) is 37.9 Å². The fourth-order valence-electron chi connectivity index (χ4n) is 8.19. The molecule has 0 atom stereocenters. The van der Waals surface area contributed by atoms with Crippen LogP contribution in [0.25, 0.3) is 10.9 Å². The monoisotopic (exact) mass is 571 g/mol. The zero-order valence-corrected chi connectivity index (χ0v) is 24.4. The van der Waals surface area contributed by atoms with Gasteiger partial charge in [-0.2, -0.15) is 0 Å². The van der Waals surface area contributed by atoms with Crippen LogP contribution in [0.1, 0.15) is 44.9 Å². The van der Waals surface area contributed by atoms with Crippen molar-refractivity contribution in [1.29, 1.82) is 0 Å². The first-order valence-corrected chi connectivity index (χ1v) is 15.5. The molecule has 0 spiro atoms. The van der Waals surface area contributed by atoms with Crippen molar-refractivity contribution in [2.45, 2.75) is 44.9 Å². The number of nitrogens with one attached hydrogen (secondary N) is 2. The molecular weight excluding hydrogens is 530 g/mol. The van der Waals surface area contributed by atoms with E-state index in [0.29, 0.717) is 23.9 Å². The lowest BCUT2D eigenvalue weighted by atomic mass is 9.49. The molecule has 9 heteroatoms. The summed E-state index contributed by atoms with van der Waals surface area (Å²) in [6.07, 6.45) is 9.60. The van der Waals surface area contributed by atoms with Crippen molar-refractivity contribution in [2.24, 2.45) is 23.2 Å². The Morgan fingerprint density at radius 3 is 2.48 bits per heavy atom. The average molecular weight is 572 g/mol. The number of benzene rings is 2. The number of hydrogen-bond donors (Lipinski definition) is 2. The average Bonchev–Trinajstić information content (AvgIpc) is 2.99. The number of nitrogens with zero attached hydrogens (tertiary/aromatic N) is 3. The number of carbonyl (C=O) groups excluding carboxylic acids is 1. The van der Waals surface area contributed by atoms with Gasteiger partial charge in [-0.25, -0.2) is 9.97 Å². The summed E-state index contributed by atoms with van der Waals surface area (Å²) < 4.78 is 17.2. The van der Waals surface area contributed by atoms with E-state index in [1.165, 1.54) is 19.3 Å². The molecule has 0 unspecified atom stereocenters. The molecule has 3 aromatic rings. The Hall–Kier alpha value is -3.43. The van der Waals surface area contributed by atoms with Gasteiger partial charge in [0.1, 0.15) is 12.1 Å². The first kappa shape index (κ1) is 27.4. The highest BCUT2D eigenvalue weighted by Gasteiger charge is 2.54. The van der Waals surface area contributed by atoms with E-state index in [-0.39, 0.29) is 11.3 Å². The van der Waals surface area contributed by atoms with Gasteiger partial charge in [-0.3, -0.25) is 9.69 Å². The van der Waals surface area contributed by atoms with Crippen molar-refractivity contribution in [1.82, 2.24) is 14.9 Å². The van der Waals surface area contributed by atoms with Crippen LogP contribution < -0.4 is 20.1 Å². The smallest absolute Gasteiger partial charge is 0.230 e. The van der Waals surface area contributed by atoms with E-state index in [1.807, 2.05) is 36.4 Å². The summed E-state index contributed by atoms with van der Waals surface area (Å²) in [7, 11) is 1.64. The largest absolute Gasteiger partial charge is 0.493 e. The fourth-order valence-corrected chi connectivity index (χ4v) is 8.19. The molecule has 1 amide bonds. The maximum atomic E-state index is 13.6. The standard InChI is InChI=1S/C33H41N5O4/c1-40-29-17-28-27(16-30(29)42-9-3-6-38-7-10-41-11-8-38)31(35-21-34-28)36-25-4-2-5-26(15-25)37-32(39)33-18-22-12-23(19-33)14-24(13-22)20-33/h2,4-5,15-17,21-24H,3,6-14,18-20H2,1H3,(H,37,39)(H,34,35,36). The summed E-state index contributed by atoms with van der Waals surface area (Å²) in [4.78, 5) is 25.0. The van der Waals surface area contributed by atoms with Crippen molar-refractivity contribution >= 4 is 34.0 Å². The Kier molecular flexibility index (Phi) is 7.63. The van der Waals surface area contributed by atoms with Gasteiger partial charge in [0, 0.05) is 42.5 Å². The van der Waals surface area contributed by atoms with Gasteiger partial charge in [0.2, 0.25) is 5.91 Å². The molecule has 222 valence electrons. The van der Waals surface area contributed by atoms with Gasteiger partial charge < -0.3 is 24.8 Å². The van der Waals surface area contributed by atoms with Crippen molar-refractivity contribution < 1.29 is 19.0 Å². The van der Waals surface area contributed by atoms with Crippen molar-refractivity contribution in [3.63, 3.8) is 0 Å². The van der Waals surface area contributed by atoms with Crippen LogP contribution in [0, 0.1) is 23.2 Å². The fraction of sp³-hybridized carbons (Fsp3) is 0.545. The van der Waals surface area contributed by atoms with Gasteiger partial charge in [-0.1, -0.05) is 6.07 Å². The van der Waals surface area contributed by atoms with E-state index in [1.54, 1.807) is 13.4 Å². The SMILES string of the molecule is COc1cc2ncnc(Nc3cccc(NC(=O)C45CC6CC(CC(C6)C4)C5)c3)c2cc1OCCCN1CCOCC1. The van der Waals surface area contributed by atoms with Crippen LogP contribution in [0.3, 0.4) is 0 Å². The van der Waals surface area contributed by atoms with Gasteiger partial charge in [-0.15, -0.1) is 0 Å². The predicted molar refractivity (Wildman–Crippen MR) is 162 cm³/mol. The number of ether oxygens (including phenoxy) is 3. The quantitative estimate of drug-likeness (QED) is 0.302. The van der Waals surface area contributed by atoms with Crippen LogP contribution in [-0.4, -0.2) is 67.3 Å². The summed E-state index contributed by atoms with van der Waals surface area (Å²) >= 11 is 0. The number of anilines is 3. The van der Waals surface area contributed by atoms with Crippen molar-refractivity contribution in [3.8, 4) is 11.5 Å². The summed E-state index contributed by atoms with van der Waals surface area (Å²) in [5.41, 5.74) is 2.24. The highest BCUT2D eigenvalue weighted by molar-refractivity contribution is 5.97. The van der Waals surface area contributed by atoms with Crippen molar-refractivity contribution in [2.75, 3.05) is 57.2 Å². The third-order valence-electron chi connectivity index (χ3n) is 9.80. The number of rotatable bonds is 10. The minimum atomic E-state index is -0.182. The molecule has 5 aliphatic rings. The van der Waals surface area contributed by atoms with E-state index >= 15 is 0 Å². The van der Waals surface area contributed by atoms with Crippen LogP contribution >= 0.6 is 0 Å². The highest BCUT2D eigenvalue weighted by Crippen LogP contribution is 2.60. The Bertz CT molecular complexity index is 1400. The van der Waals surface area contributed by atoms with E-state index in [9.17, 15) is 4.79 Å².